The molecule has 1 unspecified atom stereocenters. The van der Waals surface area contributed by atoms with E-state index in [9.17, 15) is 18.7 Å². The third-order valence-electron chi connectivity index (χ3n) is 5.47. The molecule has 0 aromatic heterocycles. The summed E-state index contributed by atoms with van der Waals surface area (Å²) in [4.78, 5) is 14.6. The molecule has 1 heterocycles. The van der Waals surface area contributed by atoms with Crippen molar-refractivity contribution in [2.24, 2.45) is 5.92 Å². The summed E-state index contributed by atoms with van der Waals surface area (Å²) in [6.45, 7) is 0. The first-order valence-electron chi connectivity index (χ1n) is 9.61. The highest BCUT2D eigenvalue weighted by Crippen LogP contribution is 2.46. The van der Waals surface area contributed by atoms with E-state index >= 15 is 0 Å². The number of rotatable bonds is 6. The van der Waals surface area contributed by atoms with Crippen LogP contribution in [0.5, 0.6) is 0 Å². The smallest absolute Gasteiger partial charge is 0.233 e. The number of hydrogen-bond donors (Lipinski definition) is 1. The van der Waals surface area contributed by atoms with Gasteiger partial charge in [0, 0.05) is 5.69 Å². The minimum Gasteiger partial charge on any atom is -0.388 e. The van der Waals surface area contributed by atoms with Crippen molar-refractivity contribution >= 4 is 11.6 Å². The molecule has 148 valence electrons. The van der Waals surface area contributed by atoms with Gasteiger partial charge >= 0.3 is 0 Å². The Morgan fingerprint density at radius 2 is 1.45 bits per heavy atom. The van der Waals surface area contributed by atoms with E-state index in [2.05, 4.69) is 0 Å². The van der Waals surface area contributed by atoms with Gasteiger partial charge in [-0.25, -0.2) is 8.78 Å². The topological polar surface area (TPSA) is 40.5 Å². The molecule has 0 spiro atoms. The molecule has 29 heavy (non-hydrogen) atoms. The zero-order valence-electron chi connectivity index (χ0n) is 15.7. The summed E-state index contributed by atoms with van der Waals surface area (Å²) < 4.78 is 26.4. The van der Waals surface area contributed by atoms with E-state index in [1.54, 1.807) is 29.2 Å². The third kappa shape index (κ3) is 3.91. The molecule has 1 amide bonds. The molecule has 1 N–H and O–H groups in total. The van der Waals surface area contributed by atoms with Crippen LogP contribution in [0.15, 0.2) is 78.9 Å². The molecule has 5 heteroatoms. The number of halogens is 2. The van der Waals surface area contributed by atoms with Crippen molar-refractivity contribution in [1.82, 2.24) is 0 Å². The van der Waals surface area contributed by atoms with E-state index in [0.717, 1.165) is 5.56 Å². The zero-order chi connectivity index (χ0) is 20.4. The van der Waals surface area contributed by atoms with Gasteiger partial charge in [-0.3, -0.25) is 4.79 Å². The van der Waals surface area contributed by atoms with Crippen LogP contribution in [0.4, 0.5) is 14.5 Å². The average molecular weight is 393 g/mol. The van der Waals surface area contributed by atoms with Crippen molar-refractivity contribution in [3.05, 3.63) is 102 Å². The van der Waals surface area contributed by atoms with E-state index in [1.807, 2.05) is 30.3 Å². The summed E-state index contributed by atoms with van der Waals surface area (Å²) in [5.74, 6) is -1.03. The van der Waals surface area contributed by atoms with Gasteiger partial charge in [0.25, 0.3) is 0 Å². The first-order chi connectivity index (χ1) is 14.0. The van der Waals surface area contributed by atoms with E-state index in [4.69, 9.17) is 0 Å². The Morgan fingerprint density at radius 1 is 0.862 bits per heavy atom. The molecule has 3 atom stereocenters. The molecular weight excluding hydrogens is 372 g/mol. The molecule has 0 saturated carbocycles. The van der Waals surface area contributed by atoms with Gasteiger partial charge in [0.2, 0.25) is 5.91 Å². The van der Waals surface area contributed by atoms with Gasteiger partial charge in [-0.2, -0.15) is 0 Å². The molecular formula is C24H21F2NO2. The van der Waals surface area contributed by atoms with Crippen LogP contribution >= 0.6 is 0 Å². The molecule has 1 fully saturated rings. The fraction of sp³-hybridized carbons (Fsp3) is 0.208. The number of benzene rings is 3. The van der Waals surface area contributed by atoms with Crippen molar-refractivity contribution < 1.29 is 18.7 Å². The Hall–Kier alpha value is -3.05. The Bertz CT molecular complexity index is 974. The number of β-lactam (4-membered cyclic amide) rings is 1. The van der Waals surface area contributed by atoms with Gasteiger partial charge in [0.15, 0.2) is 0 Å². The van der Waals surface area contributed by atoms with Crippen LogP contribution in [0.2, 0.25) is 0 Å². The third-order valence-corrected chi connectivity index (χ3v) is 5.47. The maximum absolute atomic E-state index is 13.3. The highest BCUT2D eigenvalue weighted by molar-refractivity contribution is 6.03. The number of amides is 1. The number of aliphatic hydroxyl groups excluding tert-OH is 1. The lowest BCUT2D eigenvalue weighted by molar-refractivity contribution is -0.131. The normalized spacial score (nSPS) is 19.7. The average Bonchev–Trinajstić information content (AvgIpc) is 2.74. The van der Waals surface area contributed by atoms with Crippen LogP contribution in [0.25, 0.3) is 0 Å². The molecule has 1 aliphatic rings. The summed E-state index contributed by atoms with van der Waals surface area (Å²) in [7, 11) is 0. The number of aliphatic hydroxyl groups is 1. The molecule has 4 rings (SSSR count). The number of carbonyl (C=O) groups excluding carboxylic acids is 1. The van der Waals surface area contributed by atoms with Crippen LogP contribution in [-0.4, -0.2) is 11.0 Å². The highest BCUT2D eigenvalue weighted by Gasteiger charge is 2.48. The van der Waals surface area contributed by atoms with Crippen molar-refractivity contribution in [3.63, 3.8) is 0 Å². The van der Waals surface area contributed by atoms with Crippen molar-refractivity contribution in [2.75, 3.05) is 4.90 Å². The molecule has 1 saturated heterocycles. The number of hydrogen-bond acceptors (Lipinski definition) is 2. The van der Waals surface area contributed by atoms with Gasteiger partial charge in [-0.05, 0) is 60.4 Å². The minimum atomic E-state index is -0.764. The molecule has 1 aliphatic heterocycles. The van der Waals surface area contributed by atoms with Gasteiger partial charge in [-0.1, -0.05) is 42.5 Å². The molecule has 3 aromatic carbocycles. The fourth-order valence-corrected chi connectivity index (χ4v) is 3.94. The lowest BCUT2D eigenvalue weighted by Crippen LogP contribution is -2.55. The number of nitrogens with zero attached hydrogens (tertiary/aromatic N) is 1. The van der Waals surface area contributed by atoms with Gasteiger partial charge in [0.1, 0.15) is 11.6 Å². The summed E-state index contributed by atoms with van der Waals surface area (Å²) in [5.41, 5.74) is 2.28. The van der Waals surface area contributed by atoms with Crippen molar-refractivity contribution in [3.8, 4) is 0 Å². The molecule has 3 nitrogen and oxygen atoms in total. The fourth-order valence-electron chi connectivity index (χ4n) is 3.94. The second-order valence-corrected chi connectivity index (χ2v) is 7.29. The predicted molar refractivity (Wildman–Crippen MR) is 107 cm³/mol. The second-order valence-electron chi connectivity index (χ2n) is 7.29. The zero-order valence-corrected chi connectivity index (χ0v) is 15.7. The summed E-state index contributed by atoms with van der Waals surface area (Å²) in [6.07, 6.45) is 0.122. The highest BCUT2D eigenvalue weighted by atomic mass is 19.1. The predicted octanol–water partition coefficient (Wildman–Crippen LogP) is 5.18. The Balaban J connectivity index is 1.53. The van der Waals surface area contributed by atoms with Crippen LogP contribution in [0.3, 0.4) is 0 Å². The second kappa shape index (κ2) is 8.13. The Labute approximate surface area is 168 Å². The maximum Gasteiger partial charge on any atom is 0.233 e. The molecule has 3 aromatic rings. The largest absolute Gasteiger partial charge is 0.388 e. The van der Waals surface area contributed by atoms with Crippen LogP contribution < -0.4 is 4.90 Å². The van der Waals surface area contributed by atoms with Gasteiger partial charge in [0.05, 0.1) is 18.1 Å². The van der Waals surface area contributed by atoms with E-state index in [1.165, 1.54) is 24.3 Å². The van der Waals surface area contributed by atoms with Gasteiger partial charge in [-0.15, -0.1) is 0 Å². The van der Waals surface area contributed by atoms with Crippen molar-refractivity contribution in [1.29, 1.82) is 0 Å². The van der Waals surface area contributed by atoms with Crippen LogP contribution in [0.1, 0.15) is 36.1 Å². The van der Waals surface area contributed by atoms with E-state index in [0.29, 0.717) is 24.1 Å². The summed E-state index contributed by atoms with van der Waals surface area (Å²) >= 11 is 0. The lowest BCUT2D eigenvalue weighted by Gasteiger charge is -2.48. The minimum absolute atomic E-state index is 0.0447. The monoisotopic (exact) mass is 393 g/mol. The van der Waals surface area contributed by atoms with Crippen LogP contribution in [-0.2, 0) is 4.79 Å². The van der Waals surface area contributed by atoms with Crippen molar-refractivity contribution in [2.45, 2.75) is 25.0 Å². The Kier molecular flexibility index (Phi) is 5.41. The van der Waals surface area contributed by atoms with Crippen LogP contribution in [0, 0.1) is 17.6 Å². The van der Waals surface area contributed by atoms with Gasteiger partial charge < -0.3 is 10.0 Å². The molecule has 0 radical (unpaired) electrons. The summed E-state index contributed by atoms with van der Waals surface area (Å²) in [6, 6.07) is 21.2. The number of anilines is 1. The van der Waals surface area contributed by atoms with E-state index in [-0.39, 0.29) is 29.5 Å². The number of carbonyl (C=O) groups is 1. The maximum atomic E-state index is 13.3. The molecule has 0 aliphatic carbocycles. The SMILES string of the molecule is O=C1[C@H](CC[C@H](O)c2ccc(F)cc2)C(c2ccccc2)N1c1ccc(F)cc1. The standard InChI is InChI=1S/C24H21F2NO2/c25-18-8-6-16(7-9-18)22(28)15-14-21-23(17-4-2-1-3-5-17)27(24(21)29)20-12-10-19(26)11-13-20/h1-13,21-23,28H,14-15H2/t21-,22+,23?/m1/s1. The quantitative estimate of drug-likeness (QED) is 0.586. The molecule has 0 bridgehead atoms. The summed E-state index contributed by atoms with van der Waals surface area (Å²) in [5, 5.41) is 10.4. The van der Waals surface area contributed by atoms with E-state index < -0.39 is 6.10 Å². The first kappa shape index (κ1) is 19.3. The first-order valence-corrected chi connectivity index (χ1v) is 9.61. The Morgan fingerprint density at radius 3 is 2.07 bits per heavy atom. The lowest BCUT2D eigenvalue weighted by atomic mass is 9.78.